The Labute approximate surface area is 184 Å². The Hall–Kier alpha value is -2.80. The molecule has 7 heteroatoms. The van der Waals surface area contributed by atoms with Gasteiger partial charge in [-0.15, -0.1) is 0 Å². The van der Waals surface area contributed by atoms with Crippen LogP contribution in [0.5, 0.6) is 0 Å². The van der Waals surface area contributed by atoms with Crippen molar-refractivity contribution in [2.45, 2.75) is 58.2 Å². The molecule has 0 bridgehead atoms. The predicted molar refractivity (Wildman–Crippen MR) is 121 cm³/mol. The maximum absolute atomic E-state index is 5.16. The fourth-order valence-electron chi connectivity index (χ4n) is 5.47. The largest absolute Gasteiger partial charge is 0.341 e. The summed E-state index contributed by atoms with van der Waals surface area (Å²) in [5, 5.41) is 0. The molecule has 1 spiro atoms. The van der Waals surface area contributed by atoms with Crippen LogP contribution in [0.15, 0.2) is 43.0 Å². The molecule has 2 aliphatic rings. The van der Waals surface area contributed by atoms with Crippen molar-refractivity contribution in [2.24, 2.45) is 0 Å². The van der Waals surface area contributed by atoms with E-state index in [0.29, 0.717) is 6.04 Å². The van der Waals surface area contributed by atoms with Crippen molar-refractivity contribution in [3.63, 3.8) is 0 Å². The Morgan fingerprint density at radius 1 is 1.06 bits per heavy atom. The highest BCUT2D eigenvalue weighted by Gasteiger charge is 2.45. The molecule has 5 heterocycles. The minimum Gasteiger partial charge on any atom is -0.341 e. The molecule has 0 N–H and O–H groups in total. The molecule has 1 saturated heterocycles. The molecule has 3 aromatic rings. The molecule has 0 amide bonds. The number of rotatable bonds is 4. The maximum Gasteiger partial charge on any atom is 0.225 e. The molecular weight excluding hydrogens is 386 g/mol. The van der Waals surface area contributed by atoms with Crippen molar-refractivity contribution in [2.75, 3.05) is 24.5 Å². The Morgan fingerprint density at radius 2 is 1.84 bits per heavy atom. The number of hydrogen-bond acceptors (Lipinski definition) is 6. The molecule has 31 heavy (non-hydrogen) atoms. The van der Waals surface area contributed by atoms with Crippen LogP contribution in [0, 0.1) is 6.92 Å². The van der Waals surface area contributed by atoms with Gasteiger partial charge in [0.2, 0.25) is 5.95 Å². The number of fused-ring (bicyclic) bond motifs is 2. The molecule has 5 rings (SSSR count). The van der Waals surface area contributed by atoms with Crippen LogP contribution in [0.3, 0.4) is 0 Å². The monoisotopic (exact) mass is 417 g/mol. The van der Waals surface area contributed by atoms with Gasteiger partial charge in [-0.2, -0.15) is 0 Å². The van der Waals surface area contributed by atoms with Crippen LogP contribution in [0.4, 0.5) is 5.95 Å². The third-order valence-corrected chi connectivity index (χ3v) is 6.79. The van der Waals surface area contributed by atoms with Crippen LogP contribution in [0.1, 0.15) is 55.5 Å². The zero-order valence-corrected chi connectivity index (χ0v) is 18.7. The lowest BCUT2D eigenvalue weighted by Crippen LogP contribution is -2.52. The molecule has 0 aromatic carbocycles. The Morgan fingerprint density at radius 3 is 2.52 bits per heavy atom. The minimum absolute atomic E-state index is 0.0754. The highest BCUT2D eigenvalue weighted by atomic mass is 15.3. The zero-order valence-electron chi connectivity index (χ0n) is 18.7. The first-order valence-electron chi connectivity index (χ1n) is 11.3. The van der Waals surface area contributed by atoms with Crippen molar-refractivity contribution in [1.82, 2.24) is 29.4 Å². The number of imidazole rings is 1. The summed E-state index contributed by atoms with van der Waals surface area (Å²) in [5.41, 5.74) is 4.07. The van der Waals surface area contributed by atoms with E-state index in [2.05, 4.69) is 56.2 Å². The number of anilines is 1. The Bertz CT molecular complexity index is 1020. The summed E-state index contributed by atoms with van der Waals surface area (Å²) in [6, 6.07) is 6.49. The molecule has 0 aliphatic carbocycles. The van der Waals surface area contributed by atoms with E-state index in [1.54, 1.807) is 0 Å². The number of pyridine rings is 1. The Kier molecular flexibility index (Phi) is 5.22. The van der Waals surface area contributed by atoms with Gasteiger partial charge in [-0.3, -0.25) is 9.88 Å². The SMILES string of the molecule is Cc1nc2c(n1C(C)C)CN(Cc1cccnc1)CC21CCN(c2ncccn2)CC1. The van der Waals surface area contributed by atoms with Gasteiger partial charge < -0.3 is 9.47 Å². The van der Waals surface area contributed by atoms with Crippen LogP contribution in [-0.4, -0.2) is 49.0 Å². The fourth-order valence-corrected chi connectivity index (χ4v) is 5.47. The molecule has 0 saturated carbocycles. The summed E-state index contributed by atoms with van der Waals surface area (Å²) in [6.45, 7) is 11.5. The Balaban J connectivity index is 1.47. The van der Waals surface area contributed by atoms with Gasteiger partial charge >= 0.3 is 0 Å². The molecule has 162 valence electrons. The van der Waals surface area contributed by atoms with Gasteiger partial charge in [-0.25, -0.2) is 15.0 Å². The number of piperidine rings is 1. The van der Waals surface area contributed by atoms with Gasteiger partial charge in [0, 0.05) is 69.0 Å². The van der Waals surface area contributed by atoms with Crippen molar-refractivity contribution >= 4 is 5.95 Å². The van der Waals surface area contributed by atoms with Gasteiger partial charge in [-0.1, -0.05) is 6.07 Å². The van der Waals surface area contributed by atoms with Gasteiger partial charge in [0.25, 0.3) is 0 Å². The van der Waals surface area contributed by atoms with Crippen LogP contribution < -0.4 is 4.90 Å². The second kappa shape index (κ2) is 8.04. The highest BCUT2D eigenvalue weighted by Crippen LogP contribution is 2.43. The van der Waals surface area contributed by atoms with Crippen LogP contribution in [0.25, 0.3) is 0 Å². The first-order chi connectivity index (χ1) is 15.1. The van der Waals surface area contributed by atoms with Crippen LogP contribution in [0.2, 0.25) is 0 Å². The van der Waals surface area contributed by atoms with Crippen molar-refractivity contribution in [3.05, 3.63) is 65.8 Å². The lowest BCUT2D eigenvalue weighted by molar-refractivity contribution is 0.138. The average molecular weight is 418 g/mol. The summed E-state index contributed by atoms with van der Waals surface area (Å²) in [5.74, 6) is 1.97. The number of aromatic nitrogens is 5. The van der Waals surface area contributed by atoms with Crippen molar-refractivity contribution in [3.8, 4) is 0 Å². The van der Waals surface area contributed by atoms with E-state index in [-0.39, 0.29) is 5.41 Å². The fraction of sp³-hybridized carbons (Fsp3) is 0.500. The van der Waals surface area contributed by atoms with Gasteiger partial charge in [0.1, 0.15) is 5.82 Å². The van der Waals surface area contributed by atoms with E-state index in [0.717, 1.165) is 57.3 Å². The summed E-state index contributed by atoms with van der Waals surface area (Å²) in [7, 11) is 0. The molecule has 0 radical (unpaired) electrons. The van der Waals surface area contributed by atoms with E-state index in [9.17, 15) is 0 Å². The van der Waals surface area contributed by atoms with E-state index in [1.165, 1.54) is 17.0 Å². The molecule has 3 aromatic heterocycles. The first kappa shape index (κ1) is 20.1. The minimum atomic E-state index is 0.0754. The van der Waals surface area contributed by atoms with Crippen LogP contribution in [-0.2, 0) is 18.5 Å². The van der Waals surface area contributed by atoms with Gasteiger partial charge in [-0.05, 0) is 51.3 Å². The van der Waals surface area contributed by atoms with E-state index < -0.39 is 0 Å². The smallest absolute Gasteiger partial charge is 0.225 e. The number of aryl methyl sites for hydroxylation is 1. The number of nitrogens with zero attached hydrogens (tertiary/aromatic N) is 7. The van der Waals surface area contributed by atoms with Gasteiger partial charge in [0.05, 0.1) is 11.4 Å². The average Bonchev–Trinajstić information content (AvgIpc) is 3.12. The lowest BCUT2D eigenvalue weighted by atomic mass is 9.72. The van der Waals surface area contributed by atoms with Crippen LogP contribution >= 0.6 is 0 Å². The quantitative estimate of drug-likeness (QED) is 0.647. The van der Waals surface area contributed by atoms with E-state index in [4.69, 9.17) is 4.98 Å². The first-order valence-corrected chi connectivity index (χ1v) is 11.3. The van der Waals surface area contributed by atoms with E-state index in [1.807, 2.05) is 36.9 Å². The third kappa shape index (κ3) is 3.71. The summed E-state index contributed by atoms with van der Waals surface area (Å²) >= 11 is 0. The normalized spacial score (nSPS) is 18.5. The summed E-state index contributed by atoms with van der Waals surface area (Å²) in [4.78, 5) is 23.3. The molecular formula is C24H31N7. The number of hydrogen-bond donors (Lipinski definition) is 0. The molecule has 7 nitrogen and oxygen atoms in total. The zero-order chi connectivity index (χ0) is 21.4. The predicted octanol–water partition coefficient (Wildman–Crippen LogP) is 3.51. The van der Waals surface area contributed by atoms with Gasteiger partial charge in [0.15, 0.2) is 0 Å². The molecule has 2 aliphatic heterocycles. The van der Waals surface area contributed by atoms with E-state index >= 15 is 0 Å². The lowest BCUT2D eigenvalue weighted by Gasteiger charge is -2.47. The molecule has 0 unspecified atom stereocenters. The summed E-state index contributed by atoms with van der Waals surface area (Å²) in [6.07, 6.45) is 9.62. The summed E-state index contributed by atoms with van der Waals surface area (Å²) < 4.78 is 2.44. The highest BCUT2D eigenvalue weighted by molar-refractivity contribution is 5.36. The molecule has 1 fully saturated rings. The van der Waals surface area contributed by atoms with Crippen molar-refractivity contribution < 1.29 is 0 Å². The van der Waals surface area contributed by atoms with Crippen molar-refractivity contribution in [1.29, 1.82) is 0 Å². The maximum atomic E-state index is 5.16. The topological polar surface area (TPSA) is 63.0 Å². The second-order valence-electron chi connectivity index (χ2n) is 9.24. The second-order valence-corrected chi connectivity index (χ2v) is 9.24. The standard InChI is InChI=1S/C24H31N7/c1-18(2)31-19(3)28-22-21(31)16-29(15-20-6-4-9-25-14-20)17-24(22)7-12-30(13-8-24)23-26-10-5-11-27-23/h4-6,9-11,14,18H,7-8,12-13,15-17H2,1-3H3. The molecule has 0 atom stereocenters. The third-order valence-electron chi connectivity index (χ3n) is 6.79.